The highest BCUT2D eigenvalue weighted by molar-refractivity contribution is 6.05. The maximum atomic E-state index is 5.83. The van der Waals surface area contributed by atoms with Crippen molar-refractivity contribution in [1.82, 2.24) is 4.98 Å². The molecule has 3 nitrogen and oxygen atoms in total. The quantitative estimate of drug-likeness (QED) is 0.593. The van der Waals surface area contributed by atoms with E-state index in [-0.39, 0.29) is 0 Å². The van der Waals surface area contributed by atoms with Gasteiger partial charge in [-0.25, -0.2) is 0 Å². The molecule has 0 aliphatic carbocycles. The summed E-state index contributed by atoms with van der Waals surface area (Å²) in [5.74, 6) is 0. The van der Waals surface area contributed by atoms with Crippen LogP contribution in [0.4, 0.5) is 5.69 Å². The van der Waals surface area contributed by atoms with Gasteiger partial charge in [0, 0.05) is 22.7 Å². The fourth-order valence-electron chi connectivity index (χ4n) is 2.53. The molecule has 1 N–H and O–H groups in total. The summed E-state index contributed by atoms with van der Waals surface area (Å²) in [5.41, 5.74) is 3.93. The van der Waals surface area contributed by atoms with Gasteiger partial charge in [0.2, 0.25) is 0 Å². The Kier molecular flexibility index (Phi) is 2.82. The number of nitrogens with zero attached hydrogens (tertiary/aromatic N) is 1. The molecule has 2 aromatic heterocycles. The summed E-state index contributed by atoms with van der Waals surface area (Å²) in [6, 6.07) is 20.2. The van der Waals surface area contributed by atoms with Gasteiger partial charge in [-0.2, -0.15) is 0 Å². The largest absolute Gasteiger partial charge is 0.456 e. The van der Waals surface area contributed by atoms with Crippen LogP contribution in [0.1, 0.15) is 5.69 Å². The zero-order valence-corrected chi connectivity index (χ0v) is 11.4. The topological polar surface area (TPSA) is 38.1 Å². The highest BCUT2D eigenvalue weighted by Gasteiger charge is 2.06. The Hall–Kier alpha value is -2.81. The number of para-hydroxylation sites is 1. The minimum atomic E-state index is 0.710. The summed E-state index contributed by atoms with van der Waals surface area (Å²) in [6.07, 6.45) is 1.81. The van der Waals surface area contributed by atoms with Crippen molar-refractivity contribution in [2.75, 3.05) is 5.32 Å². The van der Waals surface area contributed by atoms with Crippen LogP contribution in [-0.4, -0.2) is 4.98 Å². The Morgan fingerprint density at radius 1 is 0.857 bits per heavy atom. The van der Waals surface area contributed by atoms with E-state index in [0.717, 1.165) is 33.3 Å². The highest BCUT2D eigenvalue weighted by atomic mass is 16.3. The normalized spacial score (nSPS) is 11.0. The maximum absolute atomic E-state index is 5.83. The van der Waals surface area contributed by atoms with Gasteiger partial charge in [-0.15, -0.1) is 0 Å². The molecule has 0 radical (unpaired) electrons. The van der Waals surface area contributed by atoms with Crippen LogP contribution in [0, 0.1) is 0 Å². The van der Waals surface area contributed by atoms with Crippen LogP contribution in [0.2, 0.25) is 0 Å². The van der Waals surface area contributed by atoms with Gasteiger partial charge in [0.25, 0.3) is 0 Å². The summed E-state index contributed by atoms with van der Waals surface area (Å²) >= 11 is 0. The molecule has 0 bridgehead atoms. The van der Waals surface area contributed by atoms with E-state index in [1.807, 2.05) is 54.7 Å². The smallest absolute Gasteiger partial charge is 0.135 e. The minimum Gasteiger partial charge on any atom is -0.456 e. The number of benzene rings is 2. The molecule has 4 rings (SSSR count). The van der Waals surface area contributed by atoms with Crippen LogP contribution >= 0.6 is 0 Å². The number of rotatable bonds is 3. The molecule has 0 amide bonds. The standard InChI is InChI=1S/C18H14N2O/c1-2-7-17-15(6-1)16-11-13(8-9-18(16)21-17)20-12-14-5-3-4-10-19-14/h1-11,20H,12H2. The maximum Gasteiger partial charge on any atom is 0.135 e. The molecule has 0 atom stereocenters. The lowest BCUT2D eigenvalue weighted by Crippen LogP contribution is -2.00. The number of anilines is 1. The molecular weight excluding hydrogens is 260 g/mol. The Bertz CT molecular complexity index is 897. The van der Waals surface area contributed by atoms with Crippen molar-refractivity contribution >= 4 is 27.6 Å². The number of pyridine rings is 1. The molecule has 0 aliphatic rings. The first-order valence-electron chi connectivity index (χ1n) is 6.95. The van der Waals surface area contributed by atoms with Gasteiger partial charge < -0.3 is 9.73 Å². The van der Waals surface area contributed by atoms with Gasteiger partial charge in [0.15, 0.2) is 0 Å². The zero-order chi connectivity index (χ0) is 14.1. The van der Waals surface area contributed by atoms with Gasteiger partial charge in [0.05, 0.1) is 12.2 Å². The van der Waals surface area contributed by atoms with E-state index in [1.165, 1.54) is 0 Å². The molecule has 3 heteroatoms. The van der Waals surface area contributed by atoms with E-state index < -0.39 is 0 Å². The fraction of sp³-hybridized carbons (Fsp3) is 0.0556. The van der Waals surface area contributed by atoms with Crippen LogP contribution in [0.25, 0.3) is 21.9 Å². The van der Waals surface area contributed by atoms with Gasteiger partial charge in [-0.1, -0.05) is 24.3 Å². The van der Waals surface area contributed by atoms with Crippen molar-refractivity contribution in [3.05, 3.63) is 72.6 Å². The second-order valence-electron chi connectivity index (χ2n) is 4.98. The van der Waals surface area contributed by atoms with Crippen LogP contribution in [0.3, 0.4) is 0 Å². The molecule has 2 aromatic carbocycles. The van der Waals surface area contributed by atoms with E-state index in [9.17, 15) is 0 Å². The van der Waals surface area contributed by atoms with Crippen molar-refractivity contribution in [2.24, 2.45) is 0 Å². The van der Waals surface area contributed by atoms with Crippen LogP contribution < -0.4 is 5.32 Å². The molecule has 0 saturated carbocycles. The SMILES string of the molecule is c1ccc(CNc2ccc3oc4ccccc4c3c2)nc1. The van der Waals surface area contributed by atoms with E-state index in [4.69, 9.17) is 4.42 Å². The first-order chi connectivity index (χ1) is 10.4. The average molecular weight is 274 g/mol. The number of furan rings is 1. The van der Waals surface area contributed by atoms with E-state index in [1.54, 1.807) is 0 Å². The Labute approximate surface area is 122 Å². The Morgan fingerprint density at radius 3 is 2.62 bits per heavy atom. The summed E-state index contributed by atoms with van der Waals surface area (Å²) < 4.78 is 5.83. The van der Waals surface area contributed by atoms with Gasteiger partial charge >= 0.3 is 0 Å². The van der Waals surface area contributed by atoms with E-state index in [2.05, 4.69) is 22.4 Å². The van der Waals surface area contributed by atoms with Crippen molar-refractivity contribution in [1.29, 1.82) is 0 Å². The van der Waals surface area contributed by atoms with E-state index in [0.29, 0.717) is 6.54 Å². The second-order valence-corrected chi connectivity index (χ2v) is 4.98. The molecule has 0 aliphatic heterocycles. The summed E-state index contributed by atoms with van der Waals surface area (Å²) in [4.78, 5) is 4.32. The number of hydrogen-bond donors (Lipinski definition) is 1. The predicted molar refractivity (Wildman–Crippen MR) is 85.3 cm³/mol. The van der Waals surface area contributed by atoms with E-state index >= 15 is 0 Å². The van der Waals surface area contributed by atoms with Crippen LogP contribution in [0.5, 0.6) is 0 Å². The second kappa shape index (κ2) is 4.94. The molecule has 0 spiro atoms. The number of aromatic nitrogens is 1. The molecule has 2 heterocycles. The molecule has 4 aromatic rings. The van der Waals surface area contributed by atoms with Crippen molar-refractivity contribution in [3.63, 3.8) is 0 Å². The first kappa shape index (κ1) is 12.0. The van der Waals surface area contributed by atoms with Crippen LogP contribution in [-0.2, 0) is 6.54 Å². The molecule has 21 heavy (non-hydrogen) atoms. The zero-order valence-electron chi connectivity index (χ0n) is 11.4. The number of fused-ring (bicyclic) bond motifs is 3. The van der Waals surface area contributed by atoms with Crippen molar-refractivity contribution in [2.45, 2.75) is 6.54 Å². The molecular formula is C18H14N2O. The number of nitrogens with one attached hydrogen (secondary N) is 1. The lowest BCUT2D eigenvalue weighted by molar-refractivity contribution is 0.669. The van der Waals surface area contributed by atoms with Gasteiger partial charge in [0.1, 0.15) is 11.2 Å². The van der Waals surface area contributed by atoms with Crippen molar-refractivity contribution in [3.8, 4) is 0 Å². The Morgan fingerprint density at radius 2 is 1.71 bits per heavy atom. The molecule has 102 valence electrons. The first-order valence-corrected chi connectivity index (χ1v) is 6.95. The third-order valence-electron chi connectivity index (χ3n) is 3.58. The minimum absolute atomic E-state index is 0.710. The highest BCUT2D eigenvalue weighted by Crippen LogP contribution is 2.30. The summed E-state index contributed by atoms with van der Waals surface area (Å²) in [6.45, 7) is 0.710. The third kappa shape index (κ3) is 2.23. The number of hydrogen-bond acceptors (Lipinski definition) is 3. The molecule has 0 unspecified atom stereocenters. The Balaban J connectivity index is 1.68. The molecule has 0 saturated heterocycles. The summed E-state index contributed by atoms with van der Waals surface area (Å²) in [7, 11) is 0. The fourth-order valence-corrected chi connectivity index (χ4v) is 2.53. The summed E-state index contributed by atoms with van der Waals surface area (Å²) in [5, 5.41) is 5.69. The third-order valence-corrected chi connectivity index (χ3v) is 3.58. The lowest BCUT2D eigenvalue weighted by Gasteiger charge is -2.05. The van der Waals surface area contributed by atoms with Crippen LogP contribution in [0.15, 0.2) is 71.3 Å². The monoisotopic (exact) mass is 274 g/mol. The predicted octanol–water partition coefficient (Wildman–Crippen LogP) is 4.59. The van der Waals surface area contributed by atoms with Gasteiger partial charge in [-0.05, 0) is 36.4 Å². The van der Waals surface area contributed by atoms with Crippen molar-refractivity contribution < 1.29 is 4.42 Å². The lowest BCUT2D eigenvalue weighted by atomic mass is 10.1. The van der Waals surface area contributed by atoms with Gasteiger partial charge in [-0.3, -0.25) is 4.98 Å². The molecule has 0 fully saturated rings. The average Bonchev–Trinajstić information content (AvgIpc) is 2.92.